The molecular formula is C8H10ClF3N2O3S. The Balaban J connectivity index is 0.00000289. The molecule has 0 atom stereocenters. The first kappa shape index (κ1) is 17.0. The molecule has 0 aliphatic heterocycles. The second-order valence-electron chi connectivity index (χ2n) is 3.08. The Hall–Kier alpha value is -1.03. The molecule has 0 saturated heterocycles. The summed E-state index contributed by atoms with van der Waals surface area (Å²) >= 11 is 0. The van der Waals surface area contributed by atoms with Gasteiger partial charge in [-0.1, -0.05) is 6.07 Å². The Kier molecular flexibility index (Phi) is 5.41. The maximum atomic E-state index is 12.1. The van der Waals surface area contributed by atoms with Gasteiger partial charge < -0.3 is 10.5 Å². The molecule has 1 aromatic carbocycles. The van der Waals surface area contributed by atoms with Crippen LogP contribution < -0.4 is 15.6 Å². The highest BCUT2D eigenvalue weighted by atomic mass is 35.5. The molecular weight excluding hydrogens is 297 g/mol. The fourth-order valence-electron chi connectivity index (χ4n) is 1.12. The van der Waals surface area contributed by atoms with Gasteiger partial charge in [0.1, 0.15) is 10.6 Å². The van der Waals surface area contributed by atoms with Crippen LogP contribution in [0.2, 0.25) is 0 Å². The number of sulfonamides is 1. The van der Waals surface area contributed by atoms with E-state index in [1.165, 1.54) is 6.07 Å². The van der Waals surface area contributed by atoms with Gasteiger partial charge in [-0.05, 0) is 17.7 Å². The number of nitrogens with two attached hydrogens (primary N) is 2. The van der Waals surface area contributed by atoms with E-state index in [-0.39, 0.29) is 24.5 Å². The van der Waals surface area contributed by atoms with Gasteiger partial charge in [0.25, 0.3) is 0 Å². The molecule has 18 heavy (non-hydrogen) atoms. The molecule has 0 bridgehead atoms. The summed E-state index contributed by atoms with van der Waals surface area (Å²) in [7, 11) is -4.30. The highest BCUT2D eigenvalue weighted by molar-refractivity contribution is 7.89. The van der Waals surface area contributed by atoms with Crippen molar-refractivity contribution in [3.05, 3.63) is 23.8 Å². The lowest BCUT2D eigenvalue weighted by Crippen LogP contribution is -2.21. The third kappa shape index (κ3) is 4.69. The largest absolute Gasteiger partial charge is 0.573 e. The van der Waals surface area contributed by atoms with Crippen molar-refractivity contribution in [2.24, 2.45) is 10.9 Å². The predicted molar refractivity (Wildman–Crippen MR) is 59.6 cm³/mol. The van der Waals surface area contributed by atoms with Gasteiger partial charge in [0.2, 0.25) is 10.0 Å². The van der Waals surface area contributed by atoms with Crippen molar-refractivity contribution in [2.45, 2.75) is 17.8 Å². The van der Waals surface area contributed by atoms with Gasteiger partial charge in [0.05, 0.1) is 0 Å². The van der Waals surface area contributed by atoms with E-state index in [0.717, 1.165) is 12.1 Å². The van der Waals surface area contributed by atoms with Crippen molar-refractivity contribution in [1.82, 2.24) is 0 Å². The van der Waals surface area contributed by atoms with Crippen molar-refractivity contribution in [3.63, 3.8) is 0 Å². The first-order valence-electron chi connectivity index (χ1n) is 4.25. The van der Waals surface area contributed by atoms with Crippen LogP contribution in [0.5, 0.6) is 5.75 Å². The van der Waals surface area contributed by atoms with E-state index < -0.39 is 27.0 Å². The van der Waals surface area contributed by atoms with E-state index in [1.807, 2.05) is 0 Å². The third-order valence-corrected chi connectivity index (χ3v) is 2.73. The number of ether oxygens (including phenoxy) is 1. The number of primary sulfonamides is 1. The van der Waals surface area contributed by atoms with Crippen molar-refractivity contribution in [3.8, 4) is 5.75 Å². The van der Waals surface area contributed by atoms with Crippen LogP contribution in [0.4, 0.5) is 13.2 Å². The van der Waals surface area contributed by atoms with Crippen molar-refractivity contribution < 1.29 is 26.3 Å². The lowest BCUT2D eigenvalue weighted by atomic mass is 10.2. The summed E-state index contributed by atoms with van der Waals surface area (Å²) in [6.45, 7) is -0.0564. The van der Waals surface area contributed by atoms with Crippen LogP contribution in [0.15, 0.2) is 23.1 Å². The summed E-state index contributed by atoms with van der Waals surface area (Å²) in [6, 6.07) is 3.05. The van der Waals surface area contributed by atoms with E-state index in [2.05, 4.69) is 4.74 Å². The topological polar surface area (TPSA) is 95.4 Å². The molecule has 0 aliphatic rings. The van der Waals surface area contributed by atoms with Gasteiger partial charge >= 0.3 is 6.36 Å². The lowest BCUT2D eigenvalue weighted by Gasteiger charge is -2.13. The van der Waals surface area contributed by atoms with Crippen molar-refractivity contribution in [1.29, 1.82) is 0 Å². The molecule has 0 unspecified atom stereocenters. The molecule has 1 rings (SSSR count). The molecule has 0 spiro atoms. The van der Waals surface area contributed by atoms with Crippen LogP contribution >= 0.6 is 12.4 Å². The first-order valence-corrected chi connectivity index (χ1v) is 5.79. The summed E-state index contributed by atoms with van der Waals surface area (Å²) in [5.74, 6) is -0.886. The number of benzene rings is 1. The minimum absolute atomic E-state index is 0. The maximum absolute atomic E-state index is 12.1. The van der Waals surface area contributed by atoms with E-state index in [9.17, 15) is 21.6 Å². The van der Waals surface area contributed by atoms with Crippen LogP contribution in [-0.4, -0.2) is 14.8 Å². The Morgan fingerprint density at radius 3 is 2.22 bits per heavy atom. The van der Waals surface area contributed by atoms with Gasteiger partial charge in [-0.2, -0.15) is 0 Å². The van der Waals surface area contributed by atoms with Crippen molar-refractivity contribution >= 4 is 22.4 Å². The van der Waals surface area contributed by atoms with Crippen LogP contribution in [0.3, 0.4) is 0 Å². The summed E-state index contributed by atoms with van der Waals surface area (Å²) in [5.41, 5.74) is 5.51. The Bertz CT molecular complexity index is 519. The zero-order chi connectivity index (χ0) is 13.3. The molecule has 4 N–H and O–H groups in total. The molecule has 0 saturated carbocycles. The third-order valence-electron chi connectivity index (χ3n) is 1.78. The highest BCUT2D eigenvalue weighted by Crippen LogP contribution is 2.29. The van der Waals surface area contributed by atoms with Crippen LogP contribution in [0, 0.1) is 0 Å². The lowest BCUT2D eigenvalue weighted by molar-refractivity contribution is -0.275. The predicted octanol–water partition coefficient (Wildman–Crippen LogP) is 1.11. The van der Waals surface area contributed by atoms with Gasteiger partial charge in [-0.3, -0.25) is 0 Å². The number of hydrogen-bond donors (Lipinski definition) is 2. The molecule has 0 aliphatic carbocycles. The fraction of sp³-hybridized carbons (Fsp3) is 0.250. The molecule has 5 nitrogen and oxygen atoms in total. The highest BCUT2D eigenvalue weighted by Gasteiger charge is 2.33. The Morgan fingerprint density at radius 1 is 1.28 bits per heavy atom. The number of rotatable bonds is 3. The number of hydrogen-bond acceptors (Lipinski definition) is 4. The Morgan fingerprint density at radius 2 is 1.83 bits per heavy atom. The maximum Gasteiger partial charge on any atom is 0.573 e. The average Bonchev–Trinajstić information content (AvgIpc) is 2.13. The monoisotopic (exact) mass is 306 g/mol. The molecule has 0 aromatic heterocycles. The fourth-order valence-corrected chi connectivity index (χ4v) is 1.76. The minimum atomic E-state index is -5.01. The van der Waals surface area contributed by atoms with E-state index >= 15 is 0 Å². The zero-order valence-electron chi connectivity index (χ0n) is 8.77. The molecule has 104 valence electrons. The van der Waals surface area contributed by atoms with Gasteiger partial charge in [0.15, 0.2) is 0 Å². The van der Waals surface area contributed by atoms with Crippen LogP contribution in [-0.2, 0) is 16.6 Å². The van der Waals surface area contributed by atoms with E-state index in [1.54, 1.807) is 0 Å². The first-order chi connectivity index (χ1) is 7.63. The molecule has 0 heterocycles. The second-order valence-corrected chi connectivity index (χ2v) is 4.61. The van der Waals surface area contributed by atoms with E-state index in [4.69, 9.17) is 10.9 Å². The SMILES string of the molecule is Cl.NCc1ccc(S(N)(=O)=O)c(OC(F)(F)F)c1. The zero-order valence-corrected chi connectivity index (χ0v) is 10.4. The normalized spacial score (nSPS) is 11.8. The summed E-state index contributed by atoms with van der Waals surface area (Å²) in [6.07, 6.45) is -5.01. The van der Waals surface area contributed by atoms with Crippen LogP contribution in [0.1, 0.15) is 5.56 Å². The van der Waals surface area contributed by atoms with Gasteiger partial charge in [0, 0.05) is 6.54 Å². The number of halogens is 4. The average molecular weight is 307 g/mol. The molecule has 0 radical (unpaired) electrons. The Labute approximate surface area is 107 Å². The second kappa shape index (κ2) is 5.74. The van der Waals surface area contributed by atoms with Crippen molar-refractivity contribution in [2.75, 3.05) is 0 Å². The number of alkyl halides is 3. The smallest absolute Gasteiger partial charge is 0.404 e. The molecule has 0 amide bonds. The van der Waals surface area contributed by atoms with Gasteiger partial charge in [-0.15, -0.1) is 25.6 Å². The summed E-state index contributed by atoms with van der Waals surface area (Å²) in [4.78, 5) is -0.743. The summed E-state index contributed by atoms with van der Waals surface area (Å²) in [5, 5.41) is 4.76. The van der Waals surface area contributed by atoms with Crippen LogP contribution in [0.25, 0.3) is 0 Å². The van der Waals surface area contributed by atoms with E-state index in [0.29, 0.717) is 0 Å². The standard InChI is InChI=1S/C8H9F3N2O3S.ClH/c9-8(10,11)16-6-3-5(4-12)1-2-7(6)17(13,14)15;/h1-3H,4,12H2,(H2,13,14,15);1H. The van der Waals surface area contributed by atoms with Gasteiger partial charge in [-0.25, -0.2) is 13.6 Å². The molecule has 0 fully saturated rings. The minimum Gasteiger partial charge on any atom is -0.404 e. The molecule has 10 heteroatoms. The molecule has 1 aromatic rings. The quantitative estimate of drug-likeness (QED) is 0.874. The summed E-state index contributed by atoms with van der Waals surface area (Å²) < 4.78 is 61.8.